The summed E-state index contributed by atoms with van der Waals surface area (Å²) in [7, 11) is -2.99. The number of sulfone groups is 1. The Bertz CT molecular complexity index is 677. The quantitative estimate of drug-likeness (QED) is 0.792. The van der Waals surface area contributed by atoms with Crippen LogP contribution in [0.5, 0.6) is 0 Å². The molecule has 1 saturated heterocycles. The lowest BCUT2D eigenvalue weighted by Crippen LogP contribution is -2.41. The Morgan fingerprint density at radius 3 is 2.71 bits per heavy atom. The Labute approximate surface area is 144 Å². The Morgan fingerprint density at radius 1 is 1.25 bits per heavy atom. The van der Waals surface area contributed by atoms with Crippen molar-refractivity contribution >= 4 is 15.7 Å². The van der Waals surface area contributed by atoms with Crippen LogP contribution < -0.4 is 0 Å². The molecule has 6 nitrogen and oxygen atoms in total. The third-order valence-electron chi connectivity index (χ3n) is 5.13. The van der Waals surface area contributed by atoms with Gasteiger partial charge in [0.15, 0.2) is 9.84 Å². The number of amides is 1. The van der Waals surface area contributed by atoms with Gasteiger partial charge in [-0.25, -0.2) is 8.42 Å². The molecule has 1 unspecified atom stereocenters. The summed E-state index contributed by atoms with van der Waals surface area (Å²) in [6.45, 7) is 5.92. The van der Waals surface area contributed by atoms with Gasteiger partial charge in [0.25, 0.3) is 0 Å². The molecule has 134 valence electrons. The molecule has 7 heteroatoms. The van der Waals surface area contributed by atoms with Crippen LogP contribution in [0, 0.1) is 5.92 Å². The van der Waals surface area contributed by atoms with E-state index in [9.17, 15) is 13.2 Å². The highest BCUT2D eigenvalue weighted by atomic mass is 32.2. The molecule has 0 aliphatic carbocycles. The Hall–Kier alpha value is -1.34. The number of nitrogens with zero attached hydrogens (tertiary/aromatic N) is 3. The highest BCUT2D eigenvalue weighted by Crippen LogP contribution is 2.21. The van der Waals surface area contributed by atoms with E-state index in [2.05, 4.69) is 15.5 Å². The summed E-state index contributed by atoms with van der Waals surface area (Å²) in [5, 5.41) is 0. The minimum absolute atomic E-state index is 0.0962. The third-order valence-corrected chi connectivity index (χ3v) is 6.81. The molecule has 2 aliphatic rings. The first-order valence-electron chi connectivity index (χ1n) is 8.84. The van der Waals surface area contributed by atoms with Crippen molar-refractivity contribution in [1.29, 1.82) is 0 Å². The molecule has 0 aromatic carbocycles. The summed E-state index contributed by atoms with van der Waals surface area (Å²) in [5.74, 6) is 0.459. The summed E-state index contributed by atoms with van der Waals surface area (Å²) in [6.07, 6.45) is 4.20. The zero-order valence-electron chi connectivity index (χ0n) is 14.4. The van der Waals surface area contributed by atoms with E-state index < -0.39 is 9.84 Å². The molecule has 1 aromatic heterocycles. The Balaban J connectivity index is 1.74. The maximum atomic E-state index is 12.9. The number of fused-ring (bicyclic) bond motifs is 1. The minimum Gasteiger partial charge on any atom is -0.349 e. The molecule has 1 fully saturated rings. The van der Waals surface area contributed by atoms with Gasteiger partial charge >= 0.3 is 0 Å². The van der Waals surface area contributed by atoms with Gasteiger partial charge in [-0.3, -0.25) is 9.69 Å². The van der Waals surface area contributed by atoms with Gasteiger partial charge in [0, 0.05) is 56.9 Å². The van der Waals surface area contributed by atoms with E-state index in [4.69, 9.17) is 0 Å². The van der Waals surface area contributed by atoms with Gasteiger partial charge in [0.05, 0.1) is 11.7 Å². The van der Waals surface area contributed by atoms with E-state index >= 15 is 0 Å². The maximum Gasteiger partial charge on any atom is 0.228 e. The first kappa shape index (κ1) is 17.5. The average Bonchev–Trinajstić information content (AvgIpc) is 3.21. The SMILES string of the molecule is CCS(=O)(=O)CCN1Cc2cccn2CC(C(=O)N2CCCC2)C1. The van der Waals surface area contributed by atoms with Crippen LogP contribution in [0.3, 0.4) is 0 Å². The fourth-order valence-electron chi connectivity index (χ4n) is 3.61. The van der Waals surface area contributed by atoms with Crippen LogP contribution in [-0.2, 0) is 27.7 Å². The first-order chi connectivity index (χ1) is 11.5. The van der Waals surface area contributed by atoms with Gasteiger partial charge in [-0.05, 0) is 25.0 Å². The van der Waals surface area contributed by atoms with Gasteiger partial charge in [-0.2, -0.15) is 0 Å². The number of carbonyl (C=O) groups is 1. The smallest absolute Gasteiger partial charge is 0.228 e. The fraction of sp³-hybridized carbons (Fsp3) is 0.706. The second-order valence-electron chi connectivity index (χ2n) is 6.85. The van der Waals surface area contributed by atoms with Crippen LogP contribution in [0.2, 0.25) is 0 Å². The average molecular weight is 353 g/mol. The van der Waals surface area contributed by atoms with E-state index in [0.29, 0.717) is 26.2 Å². The van der Waals surface area contributed by atoms with Crippen molar-refractivity contribution in [3.63, 3.8) is 0 Å². The van der Waals surface area contributed by atoms with Crippen molar-refractivity contribution in [3.05, 3.63) is 24.0 Å². The number of aromatic nitrogens is 1. The molecule has 1 aromatic rings. The minimum atomic E-state index is -2.99. The van der Waals surface area contributed by atoms with Gasteiger partial charge in [-0.15, -0.1) is 0 Å². The number of likely N-dealkylation sites (tertiary alicyclic amines) is 1. The largest absolute Gasteiger partial charge is 0.349 e. The lowest BCUT2D eigenvalue weighted by atomic mass is 10.1. The molecule has 3 rings (SSSR count). The number of hydrogen-bond donors (Lipinski definition) is 0. The first-order valence-corrected chi connectivity index (χ1v) is 10.7. The van der Waals surface area contributed by atoms with E-state index in [1.807, 2.05) is 17.2 Å². The molecule has 1 atom stereocenters. The Morgan fingerprint density at radius 2 is 2.00 bits per heavy atom. The monoisotopic (exact) mass is 353 g/mol. The number of rotatable bonds is 5. The summed E-state index contributed by atoms with van der Waals surface area (Å²) in [4.78, 5) is 17.0. The van der Waals surface area contributed by atoms with Crippen molar-refractivity contribution in [3.8, 4) is 0 Å². The lowest BCUT2D eigenvalue weighted by Gasteiger charge is -2.26. The molecule has 1 amide bonds. The highest BCUT2D eigenvalue weighted by Gasteiger charge is 2.31. The Kier molecular flexibility index (Phi) is 5.30. The maximum absolute atomic E-state index is 12.9. The highest BCUT2D eigenvalue weighted by molar-refractivity contribution is 7.91. The standard InChI is InChI=1S/C17H27N3O3S/c1-2-24(22,23)11-10-18-12-15(17(21)19-7-3-4-8-19)13-20-9-5-6-16(20)14-18/h5-6,9,15H,2-4,7-8,10-14H2,1H3. The van der Waals surface area contributed by atoms with Crippen molar-refractivity contribution < 1.29 is 13.2 Å². The predicted octanol–water partition coefficient (Wildman–Crippen LogP) is 0.977. The number of hydrogen-bond acceptors (Lipinski definition) is 4. The van der Waals surface area contributed by atoms with Gasteiger partial charge in [0.1, 0.15) is 0 Å². The van der Waals surface area contributed by atoms with Crippen molar-refractivity contribution in [2.24, 2.45) is 5.92 Å². The summed E-state index contributed by atoms with van der Waals surface area (Å²) >= 11 is 0. The number of carbonyl (C=O) groups excluding carboxylic acids is 1. The third kappa shape index (κ3) is 4.00. The fourth-order valence-corrected chi connectivity index (χ4v) is 4.43. The molecule has 0 bridgehead atoms. The van der Waals surface area contributed by atoms with Crippen molar-refractivity contribution in [2.45, 2.75) is 32.9 Å². The molecule has 2 aliphatic heterocycles. The zero-order valence-corrected chi connectivity index (χ0v) is 15.2. The molecule has 0 radical (unpaired) electrons. The zero-order chi connectivity index (χ0) is 17.2. The van der Waals surface area contributed by atoms with Gasteiger partial charge < -0.3 is 9.47 Å². The second-order valence-corrected chi connectivity index (χ2v) is 9.33. The molecular weight excluding hydrogens is 326 g/mol. The van der Waals surface area contributed by atoms with Crippen LogP contribution in [0.15, 0.2) is 18.3 Å². The van der Waals surface area contributed by atoms with Crippen LogP contribution in [-0.4, -0.2) is 66.4 Å². The van der Waals surface area contributed by atoms with E-state index in [1.54, 1.807) is 6.92 Å². The molecule has 3 heterocycles. The van der Waals surface area contributed by atoms with Crippen molar-refractivity contribution in [2.75, 3.05) is 37.7 Å². The normalized spacial score (nSPS) is 22.4. The van der Waals surface area contributed by atoms with E-state index in [-0.39, 0.29) is 23.3 Å². The topological polar surface area (TPSA) is 62.6 Å². The van der Waals surface area contributed by atoms with Crippen LogP contribution in [0.1, 0.15) is 25.5 Å². The lowest BCUT2D eigenvalue weighted by molar-refractivity contribution is -0.135. The van der Waals surface area contributed by atoms with Crippen LogP contribution in [0.25, 0.3) is 0 Å². The van der Waals surface area contributed by atoms with Crippen LogP contribution in [0.4, 0.5) is 0 Å². The molecule has 24 heavy (non-hydrogen) atoms. The molecule has 0 spiro atoms. The van der Waals surface area contributed by atoms with Crippen LogP contribution >= 0.6 is 0 Å². The summed E-state index contributed by atoms with van der Waals surface area (Å²) < 4.78 is 25.8. The van der Waals surface area contributed by atoms with Crippen molar-refractivity contribution in [1.82, 2.24) is 14.4 Å². The van der Waals surface area contributed by atoms with Gasteiger partial charge in [-0.1, -0.05) is 6.92 Å². The summed E-state index contributed by atoms with van der Waals surface area (Å²) in [5.41, 5.74) is 1.15. The second kappa shape index (κ2) is 7.27. The molecular formula is C17H27N3O3S. The summed E-state index contributed by atoms with van der Waals surface area (Å²) in [6, 6.07) is 4.06. The molecule has 0 N–H and O–H groups in total. The van der Waals surface area contributed by atoms with E-state index in [1.165, 1.54) is 0 Å². The molecule has 0 saturated carbocycles. The van der Waals surface area contributed by atoms with Gasteiger partial charge in [0.2, 0.25) is 5.91 Å². The van der Waals surface area contributed by atoms with E-state index in [0.717, 1.165) is 31.6 Å². The predicted molar refractivity (Wildman–Crippen MR) is 93.3 cm³/mol.